The standard InChI is InChI=1S/C9H11FS/c10-6-9(7-11)8-4-2-1-3-5-8/h1-5,9,11H,6-7H2. The molecule has 60 valence electrons. The maximum atomic E-state index is 12.3. The van der Waals surface area contributed by atoms with E-state index in [0.29, 0.717) is 5.75 Å². The van der Waals surface area contributed by atoms with E-state index in [1.165, 1.54) is 0 Å². The quantitative estimate of drug-likeness (QED) is 0.662. The fourth-order valence-corrected chi connectivity index (χ4v) is 1.28. The fourth-order valence-electron chi connectivity index (χ4n) is 0.968. The van der Waals surface area contributed by atoms with Crippen LogP contribution in [0.4, 0.5) is 4.39 Å². The summed E-state index contributed by atoms with van der Waals surface area (Å²) >= 11 is 4.07. The third kappa shape index (κ3) is 2.22. The highest BCUT2D eigenvalue weighted by Crippen LogP contribution is 2.16. The van der Waals surface area contributed by atoms with Gasteiger partial charge in [0.1, 0.15) is 0 Å². The predicted molar refractivity (Wildman–Crippen MR) is 49.0 cm³/mol. The Morgan fingerprint density at radius 3 is 2.36 bits per heavy atom. The normalized spacial score (nSPS) is 12.9. The smallest absolute Gasteiger partial charge is 0.0970 e. The number of benzene rings is 1. The van der Waals surface area contributed by atoms with E-state index < -0.39 is 0 Å². The SMILES string of the molecule is FCC(CS)c1ccccc1. The summed E-state index contributed by atoms with van der Waals surface area (Å²) in [5, 5.41) is 0. The third-order valence-electron chi connectivity index (χ3n) is 1.68. The van der Waals surface area contributed by atoms with Crippen molar-refractivity contribution in [1.82, 2.24) is 0 Å². The molecule has 0 aromatic heterocycles. The monoisotopic (exact) mass is 170 g/mol. The zero-order valence-corrected chi connectivity index (χ0v) is 7.10. The van der Waals surface area contributed by atoms with Crippen LogP contribution in [0.25, 0.3) is 0 Å². The molecule has 1 aromatic rings. The lowest BCUT2D eigenvalue weighted by atomic mass is 10.0. The molecule has 0 amide bonds. The third-order valence-corrected chi connectivity index (χ3v) is 2.12. The van der Waals surface area contributed by atoms with Gasteiger partial charge < -0.3 is 0 Å². The van der Waals surface area contributed by atoms with E-state index >= 15 is 0 Å². The van der Waals surface area contributed by atoms with E-state index in [-0.39, 0.29) is 12.6 Å². The summed E-state index contributed by atoms with van der Waals surface area (Å²) in [5.41, 5.74) is 1.03. The van der Waals surface area contributed by atoms with Crippen molar-refractivity contribution in [1.29, 1.82) is 0 Å². The average molecular weight is 170 g/mol. The van der Waals surface area contributed by atoms with Gasteiger partial charge in [-0.1, -0.05) is 30.3 Å². The Bertz CT molecular complexity index is 194. The highest BCUT2D eigenvalue weighted by atomic mass is 32.1. The maximum Gasteiger partial charge on any atom is 0.0970 e. The van der Waals surface area contributed by atoms with Crippen LogP contribution in [0.3, 0.4) is 0 Å². The summed E-state index contributed by atoms with van der Waals surface area (Å²) in [4.78, 5) is 0. The van der Waals surface area contributed by atoms with Crippen LogP contribution in [0, 0.1) is 0 Å². The van der Waals surface area contributed by atoms with Crippen LogP contribution in [-0.2, 0) is 0 Å². The minimum atomic E-state index is -0.326. The highest BCUT2D eigenvalue weighted by molar-refractivity contribution is 7.80. The molecule has 1 atom stereocenters. The largest absolute Gasteiger partial charge is 0.250 e. The van der Waals surface area contributed by atoms with Crippen LogP contribution in [0.1, 0.15) is 11.5 Å². The van der Waals surface area contributed by atoms with Crippen LogP contribution in [0.2, 0.25) is 0 Å². The first-order chi connectivity index (χ1) is 5.38. The molecular formula is C9H11FS. The molecule has 0 spiro atoms. The van der Waals surface area contributed by atoms with Crippen LogP contribution in [0.15, 0.2) is 30.3 Å². The summed E-state index contributed by atoms with van der Waals surface area (Å²) in [6, 6.07) is 9.63. The van der Waals surface area contributed by atoms with Gasteiger partial charge in [0, 0.05) is 5.92 Å². The van der Waals surface area contributed by atoms with Crippen molar-refractivity contribution in [2.75, 3.05) is 12.4 Å². The number of rotatable bonds is 3. The molecule has 1 aromatic carbocycles. The van der Waals surface area contributed by atoms with Crippen LogP contribution < -0.4 is 0 Å². The summed E-state index contributed by atoms with van der Waals surface area (Å²) in [6.07, 6.45) is 0. The molecule has 0 radical (unpaired) electrons. The highest BCUT2D eigenvalue weighted by Gasteiger charge is 2.07. The van der Waals surface area contributed by atoms with Crippen molar-refractivity contribution in [2.24, 2.45) is 0 Å². The van der Waals surface area contributed by atoms with Crippen molar-refractivity contribution >= 4 is 12.6 Å². The maximum absolute atomic E-state index is 12.3. The molecule has 0 aliphatic rings. The van der Waals surface area contributed by atoms with Gasteiger partial charge in [-0.15, -0.1) is 0 Å². The van der Waals surface area contributed by atoms with Gasteiger partial charge in [0.2, 0.25) is 0 Å². The van der Waals surface area contributed by atoms with E-state index in [4.69, 9.17) is 0 Å². The molecule has 0 fully saturated rings. The van der Waals surface area contributed by atoms with Crippen molar-refractivity contribution < 1.29 is 4.39 Å². The van der Waals surface area contributed by atoms with Crippen molar-refractivity contribution in [2.45, 2.75) is 5.92 Å². The van der Waals surface area contributed by atoms with E-state index in [1.807, 2.05) is 30.3 Å². The molecule has 0 saturated heterocycles. The Morgan fingerprint density at radius 2 is 1.91 bits per heavy atom. The van der Waals surface area contributed by atoms with Gasteiger partial charge in [-0.05, 0) is 11.3 Å². The Kier molecular flexibility index (Phi) is 3.43. The molecule has 11 heavy (non-hydrogen) atoms. The second-order valence-corrected chi connectivity index (χ2v) is 2.81. The molecule has 0 heterocycles. The van der Waals surface area contributed by atoms with E-state index in [9.17, 15) is 4.39 Å². The zero-order chi connectivity index (χ0) is 8.10. The molecule has 0 aliphatic carbocycles. The van der Waals surface area contributed by atoms with Gasteiger partial charge in [-0.2, -0.15) is 12.6 Å². The summed E-state index contributed by atoms with van der Waals surface area (Å²) in [6.45, 7) is -0.326. The molecule has 2 heteroatoms. The van der Waals surface area contributed by atoms with Gasteiger partial charge in [0.15, 0.2) is 0 Å². The molecule has 0 aliphatic heterocycles. The van der Waals surface area contributed by atoms with E-state index in [1.54, 1.807) is 0 Å². The molecule has 0 N–H and O–H groups in total. The lowest BCUT2D eigenvalue weighted by Crippen LogP contribution is -2.01. The van der Waals surface area contributed by atoms with Crippen LogP contribution >= 0.6 is 12.6 Å². The van der Waals surface area contributed by atoms with Crippen LogP contribution in [0.5, 0.6) is 0 Å². The molecule has 0 saturated carbocycles. The lowest BCUT2D eigenvalue weighted by Gasteiger charge is -2.08. The number of alkyl halides is 1. The van der Waals surface area contributed by atoms with Gasteiger partial charge in [-0.25, -0.2) is 0 Å². The number of hydrogen-bond donors (Lipinski definition) is 1. The Hall–Kier alpha value is -0.500. The van der Waals surface area contributed by atoms with Crippen molar-refractivity contribution in [3.05, 3.63) is 35.9 Å². The van der Waals surface area contributed by atoms with E-state index in [0.717, 1.165) is 5.56 Å². The zero-order valence-electron chi connectivity index (χ0n) is 6.20. The minimum absolute atomic E-state index is 0.0421. The Balaban J connectivity index is 2.74. The Morgan fingerprint density at radius 1 is 1.27 bits per heavy atom. The topological polar surface area (TPSA) is 0 Å². The molecule has 1 rings (SSSR count). The Labute approximate surface area is 71.8 Å². The number of thiol groups is 1. The van der Waals surface area contributed by atoms with E-state index in [2.05, 4.69) is 12.6 Å². The summed E-state index contributed by atoms with van der Waals surface area (Å²) in [5.74, 6) is 0.528. The minimum Gasteiger partial charge on any atom is -0.250 e. The second kappa shape index (κ2) is 4.39. The number of halogens is 1. The first-order valence-electron chi connectivity index (χ1n) is 3.60. The molecule has 0 nitrogen and oxygen atoms in total. The first kappa shape index (κ1) is 8.60. The fraction of sp³-hybridized carbons (Fsp3) is 0.333. The predicted octanol–water partition coefficient (Wildman–Crippen LogP) is 2.67. The van der Waals surface area contributed by atoms with Gasteiger partial charge in [-0.3, -0.25) is 4.39 Å². The molecule has 0 bridgehead atoms. The molecule has 1 unspecified atom stereocenters. The van der Waals surface area contributed by atoms with Crippen molar-refractivity contribution in [3.63, 3.8) is 0 Å². The number of hydrogen-bond acceptors (Lipinski definition) is 1. The van der Waals surface area contributed by atoms with Crippen molar-refractivity contribution in [3.8, 4) is 0 Å². The van der Waals surface area contributed by atoms with Gasteiger partial charge in [0.25, 0.3) is 0 Å². The lowest BCUT2D eigenvalue weighted by molar-refractivity contribution is 0.451. The van der Waals surface area contributed by atoms with Gasteiger partial charge >= 0.3 is 0 Å². The summed E-state index contributed by atoms with van der Waals surface area (Å²) < 4.78 is 12.3. The average Bonchev–Trinajstić information content (AvgIpc) is 2.09. The second-order valence-electron chi connectivity index (χ2n) is 2.44. The van der Waals surface area contributed by atoms with Crippen LogP contribution in [-0.4, -0.2) is 12.4 Å². The first-order valence-corrected chi connectivity index (χ1v) is 4.23. The van der Waals surface area contributed by atoms with Gasteiger partial charge in [0.05, 0.1) is 6.67 Å². The molecular weight excluding hydrogens is 159 g/mol. The summed E-state index contributed by atoms with van der Waals surface area (Å²) in [7, 11) is 0.